The van der Waals surface area contributed by atoms with Gasteiger partial charge in [0.05, 0.1) is 23.9 Å². The van der Waals surface area contributed by atoms with Gasteiger partial charge in [-0.25, -0.2) is 4.98 Å². The van der Waals surface area contributed by atoms with Crippen molar-refractivity contribution >= 4 is 45.7 Å². The molecule has 1 aromatic carbocycles. The molecule has 3 aromatic rings. The third-order valence-corrected chi connectivity index (χ3v) is 6.28. The van der Waals surface area contributed by atoms with Gasteiger partial charge in [-0.1, -0.05) is 18.5 Å². The third-order valence-electron chi connectivity index (χ3n) is 6.00. The van der Waals surface area contributed by atoms with Crippen molar-refractivity contribution in [3.8, 4) is 5.75 Å². The largest absolute Gasteiger partial charge is 0.480 e. The number of rotatable bonds is 8. The van der Waals surface area contributed by atoms with Crippen LogP contribution >= 0.6 is 11.6 Å². The number of benzene rings is 1. The molecule has 0 bridgehead atoms. The van der Waals surface area contributed by atoms with Crippen molar-refractivity contribution in [2.24, 2.45) is 0 Å². The number of halogens is 1. The summed E-state index contributed by atoms with van der Waals surface area (Å²) in [7, 11) is 0. The Kier molecular flexibility index (Phi) is 7.80. The smallest absolute Gasteiger partial charge is 0.293 e. The van der Waals surface area contributed by atoms with E-state index < -0.39 is 0 Å². The molecule has 9 nitrogen and oxygen atoms in total. The Bertz CT molecular complexity index is 1320. The van der Waals surface area contributed by atoms with Gasteiger partial charge in [0.2, 0.25) is 5.95 Å². The highest BCUT2D eigenvalue weighted by atomic mass is 35.5. The molecule has 3 heterocycles. The van der Waals surface area contributed by atoms with Gasteiger partial charge >= 0.3 is 0 Å². The zero-order valence-electron chi connectivity index (χ0n) is 21.2. The topological polar surface area (TPSA) is 98.6 Å². The number of carbonyl (C=O) groups is 1. The zero-order chi connectivity index (χ0) is 26.0. The number of hydrogen-bond acceptors (Lipinski definition) is 8. The van der Waals surface area contributed by atoms with Crippen LogP contribution in [0.4, 0.5) is 17.5 Å². The highest BCUT2D eigenvalue weighted by Crippen LogP contribution is 2.29. The number of morpholine rings is 1. The fourth-order valence-electron chi connectivity index (χ4n) is 4.35. The van der Waals surface area contributed by atoms with Crippen molar-refractivity contribution in [1.82, 2.24) is 14.5 Å². The van der Waals surface area contributed by atoms with Crippen molar-refractivity contribution in [2.45, 2.75) is 59.3 Å². The number of pyridine rings is 1. The van der Waals surface area contributed by atoms with Gasteiger partial charge in [0, 0.05) is 36.6 Å². The van der Waals surface area contributed by atoms with E-state index >= 15 is 0 Å². The standard InChI is InChI=1S/C26H32ClN5O4/c1-6-20(33)14-35-23-10-18-9-19(7-8-22(18)32(15(2)3)25(23)34)29-24-21(27)11-28-26(30-24)31-12-16(4)36-17(5)13-31/h7-11,15-17H,6,12-14H2,1-5H3,(H,28,29,30). The van der Waals surface area contributed by atoms with Gasteiger partial charge in [0.1, 0.15) is 11.6 Å². The highest BCUT2D eigenvalue weighted by Gasteiger charge is 2.24. The Labute approximate surface area is 215 Å². The van der Waals surface area contributed by atoms with E-state index in [-0.39, 0.29) is 41.9 Å². The van der Waals surface area contributed by atoms with Crippen LogP contribution in [0.3, 0.4) is 0 Å². The maximum absolute atomic E-state index is 13.0. The van der Waals surface area contributed by atoms with Gasteiger partial charge in [-0.3, -0.25) is 9.59 Å². The Morgan fingerprint density at radius 3 is 2.64 bits per heavy atom. The number of hydrogen-bond donors (Lipinski definition) is 1. The van der Waals surface area contributed by atoms with Crippen molar-refractivity contribution in [2.75, 3.05) is 29.9 Å². The Morgan fingerprint density at radius 2 is 1.97 bits per heavy atom. The Balaban J connectivity index is 1.67. The quantitative estimate of drug-likeness (QED) is 0.461. The van der Waals surface area contributed by atoms with E-state index in [9.17, 15) is 9.59 Å². The molecular weight excluding hydrogens is 482 g/mol. The average molecular weight is 514 g/mol. The maximum atomic E-state index is 13.0. The SMILES string of the molecule is CCC(=O)COc1cc2cc(Nc3nc(N4CC(C)OC(C)C4)ncc3Cl)ccc2n(C(C)C)c1=O. The molecule has 0 radical (unpaired) electrons. The second-order valence-electron chi connectivity index (χ2n) is 9.39. The van der Waals surface area contributed by atoms with Crippen LogP contribution in [-0.4, -0.2) is 52.2 Å². The highest BCUT2D eigenvalue weighted by molar-refractivity contribution is 6.32. The maximum Gasteiger partial charge on any atom is 0.293 e. The molecule has 1 saturated heterocycles. The summed E-state index contributed by atoms with van der Waals surface area (Å²) >= 11 is 6.43. The van der Waals surface area contributed by atoms with Gasteiger partial charge in [-0.15, -0.1) is 0 Å². The first-order chi connectivity index (χ1) is 17.2. The summed E-state index contributed by atoms with van der Waals surface area (Å²) in [6.45, 7) is 10.9. The molecule has 0 aliphatic carbocycles. The molecule has 192 valence electrons. The molecule has 1 fully saturated rings. The van der Waals surface area contributed by atoms with E-state index in [2.05, 4.69) is 20.2 Å². The van der Waals surface area contributed by atoms with Crippen LogP contribution < -0.4 is 20.5 Å². The Morgan fingerprint density at radius 1 is 1.25 bits per heavy atom. The first-order valence-corrected chi connectivity index (χ1v) is 12.6. The summed E-state index contributed by atoms with van der Waals surface area (Å²) in [5.74, 6) is 1.14. The molecule has 2 aromatic heterocycles. The fraction of sp³-hybridized carbons (Fsp3) is 0.462. The van der Waals surface area contributed by atoms with Crippen LogP contribution in [0.15, 0.2) is 35.3 Å². The number of nitrogens with one attached hydrogen (secondary N) is 1. The monoisotopic (exact) mass is 513 g/mol. The van der Waals surface area contributed by atoms with Crippen molar-refractivity contribution in [3.63, 3.8) is 0 Å². The fourth-order valence-corrected chi connectivity index (χ4v) is 4.49. The lowest BCUT2D eigenvalue weighted by Crippen LogP contribution is -2.46. The van der Waals surface area contributed by atoms with Gasteiger partial charge in [0.25, 0.3) is 5.56 Å². The lowest BCUT2D eigenvalue weighted by Gasteiger charge is -2.35. The number of ether oxygens (including phenoxy) is 2. The van der Waals surface area contributed by atoms with Crippen LogP contribution in [0.2, 0.25) is 5.02 Å². The molecule has 0 amide bonds. The lowest BCUT2D eigenvalue weighted by molar-refractivity contribution is -0.120. The molecule has 36 heavy (non-hydrogen) atoms. The molecule has 1 N–H and O–H groups in total. The molecule has 4 rings (SSSR count). The van der Waals surface area contributed by atoms with Gasteiger partial charge in [0.15, 0.2) is 17.4 Å². The molecule has 0 saturated carbocycles. The summed E-state index contributed by atoms with van der Waals surface area (Å²) in [4.78, 5) is 36.0. The van der Waals surface area contributed by atoms with Crippen LogP contribution in [0.5, 0.6) is 5.75 Å². The molecular formula is C26H32ClN5O4. The lowest BCUT2D eigenvalue weighted by atomic mass is 10.1. The minimum absolute atomic E-state index is 0.0701. The van der Waals surface area contributed by atoms with Gasteiger partial charge in [-0.05, 0) is 52.0 Å². The van der Waals surface area contributed by atoms with E-state index in [1.54, 1.807) is 23.8 Å². The molecule has 10 heteroatoms. The number of nitrogens with zero attached hydrogens (tertiary/aromatic N) is 4. The molecule has 1 aliphatic heterocycles. The van der Waals surface area contributed by atoms with Crippen LogP contribution in [-0.2, 0) is 9.53 Å². The molecule has 0 spiro atoms. The molecule has 1 aliphatic rings. The minimum atomic E-state index is -0.264. The Hall–Kier alpha value is -3.17. The summed E-state index contributed by atoms with van der Waals surface area (Å²) in [5.41, 5.74) is 1.24. The van der Waals surface area contributed by atoms with Gasteiger partial charge in [-0.2, -0.15) is 4.98 Å². The number of anilines is 3. The number of aromatic nitrogens is 3. The summed E-state index contributed by atoms with van der Waals surface area (Å²) in [5, 5.41) is 4.46. The number of carbonyl (C=O) groups excluding carboxylic acids is 1. The van der Waals surface area contributed by atoms with Crippen LogP contribution in [0.1, 0.15) is 47.1 Å². The number of ketones is 1. The van der Waals surface area contributed by atoms with E-state index in [0.717, 1.165) is 16.6 Å². The predicted molar refractivity (Wildman–Crippen MR) is 142 cm³/mol. The van der Waals surface area contributed by atoms with Crippen molar-refractivity contribution in [3.05, 3.63) is 45.8 Å². The van der Waals surface area contributed by atoms with E-state index in [1.807, 2.05) is 45.9 Å². The number of fused-ring (bicyclic) bond motifs is 1. The average Bonchev–Trinajstić information content (AvgIpc) is 2.83. The summed E-state index contributed by atoms with van der Waals surface area (Å²) in [6, 6.07) is 7.23. The second kappa shape index (κ2) is 10.8. The third kappa shape index (κ3) is 5.63. The molecule has 2 unspecified atom stereocenters. The van der Waals surface area contributed by atoms with E-state index in [4.69, 9.17) is 21.1 Å². The number of Topliss-reactive ketones (excluding diaryl/α,β-unsaturated/α-hetero) is 1. The van der Waals surface area contributed by atoms with Crippen molar-refractivity contribution in [1.29, 1.82) is 0 Å². The van der Waals surface area contributed by atoms with Crippen LogP contribution in [0.25, 0.3) is 10.9 Å². The molecule has 2 atom stereocenters. The summed E-state index contributed by atoms with van der Waals surface area (Å²) in [6.07, 6.45) is 2.09. The minimum Gasteiger partial charge on any atom is -0.480 e. The van der Waals surface area contributed by atoms with E-state index in [0.29, 0.717) is 36.3 Å². The summed E-state index contributed by atoms with van der Waals surface area (Å²) < 4.78 is 13.1. The first-order valence-electron chi connectivity index (χ1n) is 12.2. The second-order valence-corrected chi connectivity index (χ2v) is 9.79. The predicted octanol–water partition coefficient (Wildman–Crippen LogP) is 4.74. The van der Waals surface area contributed by atoms with Crippen molar-refractivity contribution < 1.29 is 14.3 Å². The van der Waals surface area contributed by atoms with Crippen LogP contribution in [0, 0.1) is 0 Å². The van der Waals surface area contributed by atoms with E-state index in [1.165, 1.54) is 0 Å². The zero-order valence-corrected chi connectivity index (χ0v) is 22.0. The normalized spacial score (nSPS) is 18.0. The first kappa shape index (κ1) is 25.9. The van der Waals surface area contributed by atoms with Gasteiger partial charge < -0.3 is 24.3 Å².